The molecule has 3 nitrogen and oxygen atoms in total. The molecule has 0 aromatic heterocycles. The summed E-state index contributed by atoms with van der Waals surface area (Å²) in [7, 11) is 2.12. The third-order valence-corrected chi connectivity index (χ3v) is 4.33. The van der Waals surface area contributed by atoms with Crippen LogP contribution in [0.4, 0.5) is 0 Å². The number of likely N-dealkylation sites (N-methyl/N-ethyl adjacent to an activating group) is 1. The third-order valence-electron chi connectivity index (χ3n) is 4.33. The Balaban J connectivity index is 1.75. The quantitative estimate of drug-likeness (QED) is 0.827. The Morgan fingerprint density at radius 1 is 1.11 bits per heavy atom. The lowest BCUT2D eigenvalue weighted by Crippen LogP contribution is -2.48. The molecule has 102 valence electrons. The molecule has 1 saturated carbocycles. The molecule has 2 fully saturated rings. The zero-order valence-corrected chi connectivity index (χ0v) is 11.6. The SMILES string of the molecule is CN1CCN(C(=O)C(c2ccccc2)C2CC2)CC1. The van der Waals surface area contributed by atoms with Crippen LogP contribution in [0.15, 0.2) is 30.3 Å². The van der Waals surface area contributed by atoms with Gasteiger partial charge in [0.05, 0.1) is 5.92 Å². The first-order valence-corrected chi connectivity index (χ1v) is 7.28. The van der Waals surface area contributed by atoms with E-state index in [4.69, 9.17) is 0 Å². The van der Waals surface area contributed by atoms with Crippen LogP contribution in [0.1, 0.15) is 24.3 Å². The van der Waals surface area contributed by atoms with E-state index in [9.17, 15) is 4.79 Å². The minimum Gasteiger partial charge on any atom is -0.340 e. The van der Waals surface area contributed by atoms with Gasteiger partial charge in [-0.3, -0.25) is 4.79 Å². The molecule has 1 atom stereocenters. The second-order valence-electron chi connectivity index (χ2n) is 5.85. The average molecular weight is 258 g/mol. The monoisotopic (exact) mass is 258 g/mol. The molecule has 2 aliphatic rings. The summed E-state index contributed by atoms with van der Waals surface area (Å²) in [5.41, 5.74) is 1.20. The first kappa shape index (κ1) is 12.7. The highest BCUT2D eigenvalue weighted by Gasteiger charge is 2.39. The fourth-order valence-corrected chi connectivity index (χ4v) is 2.93. The normalized spacial score (nSPS) is 22.3. The lowest BCUT2D eigenvalue weighted by molar-refractivity contribution is -0.134. The zero-order chi connectivity index (χ0) is 13.2. The molecule has 0 radical (unpaired) electrons. The third kappa shape index (κ3) is 2.81. The smallest absolute Gasteiger partial charge is 0.230 e. The highest BCUT2D eigenvalue weighted by atomic mass is 16.2. The van der Waals surface area contributed by atoms with Crippen LogP contribution in [-0.4, -0.2) is 48.9 Å². The van der Waals surface area contributed by atoms with Crippen molar-refractivity contribution in [3.63, 3.8) is 0 Å². The highest BCUT2D eigenvalue weighted by molar-refractivity contribution is 5.84. The molecular weight excluding hydrogens is 236 g/mol. The molecule has 1 aliphatic carbocycles. The van der Waals surface area contributed by atoms with Crippen LogP contribution < -0.4 is 0 Å². The molecule has 3 rings (SSSR count). The lowest BCUT2D eigenvalue weighted by atomic mass is 9.92. The number of benzene rings is 1. The number of carbonyl (C=O) groups is 1. The molecule has 1 heterocycles. The standard InChI is InChI=1S/C16H22N2O/c1-17-9-11-18(12-10-17)16(19)15(14-7-8-14)13-5-3-2-4-6-13/h2-6,14-15H,7-12H2,1H3. The Labute approximate surface area is 115 Å². The summed E-state index contributed by atoms with van der Waals surface area (Å²) < 4.78 is 0. The van der Waals surface area contributed by atoms with E-state index < -0.39 is 0 Å². The van der Waals surface area contributed by atoms with E-state index in [0.717, 1.165) is 26.2 Å². The van der Waals surface area contributed by atoms with E-state index in [0.29, 0.717) is 11.8 Å². The van der Waals surface area contributed by atoms with E-state index in [1.165, 1.54) is 18.4 Å². The van der Waals surface area contributed by atoms with Gasteiger partial charge in [-0.2, -0.15) is 0 Å². The van der Waals surface area contributed by atoms with Crippen molar-refractivity contribution >= 4 is 5.91 Å². The Kier molecular flexibility index (Phi) is 3.56. The van der Waals surface area contributed by atoms with Gasteiger partial charge in [-0.25, -0.2) is 0 Å². The molecule has 3 heteroatoms. The van der Waals surface area contributed by atoms with Crippen LogP contribution in [0.3, 0.4) is 0 Å². The van der Waals surface area contributed by atoms with Gasteiger partial charge in [0.15, 0.2) is 0 Å². The number of rotatable bonds is 3. The summed E-state index contributed by atoms with van der Waals surface area (Å²) in [6, 6.07) is 10.3. The summed E-state index contributed by atoms with van der Waals surface area (Å²) in [5.74, 6) is 1.03. The van der Waals surface area contributed by atoms with Gasteiger partial charge in [0.2, 0.25) is 5.91 Å². The van der Waals surface area contributed by atoms with Crippen LogP contribution in [0.25, 0.3) is 0 Å². The van der Waals surface area contributed by atoms with Gasteiger partial charge in [0.1, 0.15) is 0 Å². The number of nitrogens with zero attached hydrogens (tertiary/aromatic N) is 2. The fraction of sp³-hybridized carbons (Fsp3) is 0.562. The van der Waals surface area contributed by atoms with Crippen molar-refractivity contribution in [3.05, 3.63) is 35.9 Å². The van der Waals surface area contributed by atoms with Gasteiger partial charge in [0, 0.05) is 26.2 Å². The van der Waals surface area contributed by atoms with E-state index in [1.54, 1.807) is 0 Å². The van der Waals surface area contributed by atoms with E-state index in [2.05, 4.69) is 29.0 Å². The van der Waals surface area contributed by atoms with E-state index in [1.807, 2.05) is 18.2 Å². The Morgan fingerprint density at radius 3 is 2.32 bits per heavy atom. The maximum Gasteiger partial charge on any atom is 0.230 e. The van der Waals surface area contributed by atoms with Crippen LogP contribution in [-0.2, 0) is 4.79 Å². The predicted octanol–water partition coefficient (Wildman–Crippen LogP) is 1.95. The number of hydrogen-bond acceptors (Lipinski definition) is 2. The Hall–Kier alpha value is -1.35. The molecule has 1 saturated heterocycles. The van der Waals surface area contributed by atoms with Crippen LogP contribution in [0.2, 0.25) is 0 Å². The fourth-order valence-electron chi connectivity index (χ4n) is 2.93. The Bertz CT molecular complexity index is 433. The summed E-state index contributed by atoms with van der Waals surface area (Å²) in [6.45, 7) is 3.76. The Morgan fingerprint density at radius 2 is 1.74 bits per heavy atom. The molecule has 1 amide bonds. The molecule has 1 unspecified atom stereocenters. The molecular formula is C16H22N2O. The largest absolute Gasteiger partial charge is 0.340 e. The molecule has 0 spiro atoms. The van der Waals surface area contributed by atoms with Gasteiger partial charge in [-0.15, -0.1) is 0 Å². The van der Waals surface area contributed by atoms with E-state index in [-0.39, 0.29) is 5.92 Å². The molecule has 1 aliphatic heterocycles. The first-order chi connectivity index (χ1) is 9.25. The summed E-state index contributed by atoms with van der Waals surface area (Å²) >= 11 is 0. The van der Waals surface area contributed by atoms with Crippen molar-refractivity contribution in [1.29, 1.82) is 0 Å². The second-order valence-corrected chi connectivity index (χ2v) is 5.85. The first-order valence-electron chi connectivity index (χ1n) is 7.28. The van der Waals surface area contributed by atoms with Gasteiger partial charge in [-0.05, 0) is 31.4 Å². The van der Waals surface area contributed by atoms with Crippen LogP contribution in [0.5, 0.6) is 0 Å². The summed E-state index contributed by atoms with van der Waals surface area (Å²) in [6.07, 6.45) is 2.41. The molecule has 0 N–H and O–H groups in total. The molecule has 1 aromatic carbocycles. The van der Waals surface area contributed by atoms with Crippen molar-refractivity contribution in [2.75, 3.05) is 33.2 Å². The minimum absolute atomic E-state index is 0.101. The topological polar surface area (TPSA) is 23.6 Å². The molecule has 0 bridgehead atoms. The minimum atomic E-state index is 0.101. The van der Waals surface area contributed by atoms with E-state index >= 15 is 0 Å². The second kappa shape index (κ2) is 5.33. The highest BCUT2D eigenvalue weighted by Crippen LogP contribution is 2.43. The van der Waals surface area contributed by atoms with Gasteiger partial charge in [0.25, 0.3) is 0 Å². The van der Waals surface area contributed by atoms with Crippen molar-refractivity contribution < 1.29 is 4.79 Å². The van der Waals surface area contributed by atoms with Gasteiger partial charge < -0.3 is 9.80 Å². The maximum absolute atomic E-state index is 12.8. The van der Waals surface area contributed by atoms with Crippen molar-refractivity contribution in [3.8, 4) is 0 Å². The number of piperazine rings is 1. The number of hydrogen-bond donors (Lipinski definition) is 0. The lowest BCUT2D eigenvalue weighted by Gasteiger charge is -2.34. The van der Waals surface area contributed by atoms with Crippen LogP contribution in [0, 0.1) is 5.92 Å². The molecule has 1 aromatic rings. The van der Waals surface area contributed by atoms with Crippen LogP contribution >= 0.6 is 0 Å². The summed E-state index contributed by atoms with van der Waals surface area (Å²) in [5, 5.41) is 0. The number of carbonyl (C=O) groups excluding carboxylic acids is 1. The average Bonchev–Trinajstić information content (AvgIpc) is 3.25. The molecule has 19 heavy (non-hydrogen) atoms. The zero-order valence-electron chi connectivity index (χ0n) is 11.6. The van der Waals surface area contributed by atoms with Gasteiger partial charge in [-0.1, -0.05) is 30.3 Å². The van der Waals surface area contributed by atoms with Crippen molar-refractivity contribution in [1.82, 2.24) is 9.80 Å². The van der Waals surface area contributed by atoms with Crippen molar-refractivity contribution in [2.24, 2.45) is 5.92 Å². The maximum atomic E-state index is 12.8. The van der Waals surface area contributed by atoms with Crippen molar-refractivity contribution in [2.45, 2.75) is 18.8 Å². The summed E-state index contributed by atoms with van der Waals surface area (Å²) in [4.78, 5) is 17.1. The van der Waals surface area contributed by atoms with Gasteiger partial charge >= 0.3 is 0 Å². The number of amides is 1. The predicted molar refractivity (Wildman–Crippen MR) is 76.0 cm³/mol.